The predicted molar refractivity (Wildman–Crippen MR) is 69.1 cm³/mol. The van der Waals surface area contributed by atoms with Crippen LogP contribution in [0.1, 0.15) is 18.4 Å². The molecule has 0 radical (unpaired) electrons. The molecular formula is C14H15FN4O. The van der Waals surface area contributed by atoms with Gasteiger partial charge in [0.1, 0.15) is 18.0 Å². The SMILES string of the molecule is CC1NNC(O)C1C(c1ccccc1F)C(C#N)C#N. The molecule has 6 heteroatoms. The number of benzene rings is 1. The van der Waals surface area contributed by atoms with Crippen LogP contribution in [0, 0.1) is 40.3 Å². The maximum absolute atomic E-state index is 14.0. The van der Waals surface area contributed by atoms with E-state index < -0.39 is 29.8 Å². The lowest BCUT2D eigenvalue weighted by atomic mass is 9.74. The van der Waals surface area contributed by atoms with Crippen molar-refractivity contribution in [2.45, 2.75) is 25.1 Å². The molecule has 3 N–H and O–H groups in total. The summed E-state index contributed by atoms with van der Waals surface area (Å²) in [6.45, 7) is 1.81. The van der Waals surface area contributed by atoms with Gasteiger partial charge in [-0.15, -0.1) is 0 Å². The van der Waals surface area contributed by atoms with Crippen molar-refractivity contribution >= 4 is 0 Å². The van der Waals surface area contributed by atoms with Crippen LogP contribution in [-0.2, 0) is 0 Å². The second-order valence-corrected chi connectivity index (χ2v) is 4.88. The van der Waals surface area contributed by atoms with Crippen molar-refractivity contribution in [1.82, 2.24) is 10.9 Å². The van der Waals surface area contributed by atoms with E-state index in [4.69, 9.17) is 10.5 Å². The van der Waals surface area contributed by atoms with Crippen molar-refractivity contribution in [3.8, 4) is 12.1 Å². The van der Waals surface area contributed by atoms with Crippen molar-refractivity contribution in [2.75, 3.05) is 0 Å². The van der Waals surface area contributed by atoms with Gasteiger partial charge in [0, 0.05) is 17.9 Å². The second-order valence-electron chi connectivity index (χ2n) is 4.88. The maximum Gasteiger partial charge on any atom is 0.140 e. The number of hydrogen-bond donors (Lipinski definition) is 3. The Morgan fingerprint density at radius 2 is 1.90 bits per heavy atom. The number of aliphatic hydroxyl groups is 1. The van der Waals surface area contributed by atoms with E-state index in [2.05, 4.69) is 10.9 Å². The zero-order valence-corrected chi connectivity index (χ0v) is 10.9. The Kier molecular flexibility index (Phi) is 4.31. The Labute approximate surface area is 116 Å². The van der Waals surface area contributed by atoms with Crippen LogP contribution in [0.15, 0.2) is 24.3 Å². The van der Waals surface area contributed by atoms with Gasteiger partial charge in [0.15, 0.2) is 0 Å². The van der Waals surface area contributed by atoms with Gasteiger partial charge in [0.2, 0.25) is 0 Å². The highest BCUT2D eigenvalue weighted by Gasteiger charge is 2.43. The number of rotatable bonds is 3. The smallest absolute Gasteiger partial charge is 0.140 e. The summed E-state index contributed by atoms with van der Waals surface area (Å²) < 4.78 is 14.0. The molecule has 0 saturated carbocycles. The topological polar surface area (TPSA) is 91.9 Å². The fourth-order valence-electron chi connectivity index (χ4n) is 2.73. The van der Waals surface area contributed by atoms with Crippen molar-refractivity contribution in [3.63, 3.8) is 0 Å². The van der Waals surface area contributed by atoms with Crippen molar-refractivity contribution in [2.24, 2.45) is 11.8 Å². The summed E-state index contributed by atoms with van der Waals surface area (Å²) in [6.07, 6.45) is -0.946. The van der Waals surface area contributed by atoms with Gasteiger partial charge in [0.05, 0.1) is 12.1 Å². The van der Waals surface area contributed by atoms with Gasteiger partial charge in [-0.1, -0.05) is 18.2 Å². The quantitative estimate of drug-likeness (QED) is 0.765. The highest BCUT2D eigenvalue weighted by Crippen LogP contribution is 2.38. The Hall–Kier alpha value is -1.99. The number of aliphatic hydroxyl groups excluding tert-OH is 1. The van der Waals surface area contributed by atoms with Crippen molar-refractivity contribution < 1.29 is 9.50 Å². The van der Waals surface area contributed by atoms with Gasteiger partial charge in [-0.05, 0) is 18.6 Å². The van der Waals surface area contributed by atoms with Crippen LogP contribution in [0.25, 0.3) is 0 Å². The van der Waals surface area contributed by atoms with Crippen LogP contribution in [0.3, 0.4) is 0 Å². The Bertz CT molecular complexity index is 541. The zero-order valence-electron chi connectivity index (χ0n) is 10.9. The number of nitrogens with one attached hydrogen (secondary N) is 2. The summed E-state index contributed by atoms with van der Waals surface area (Å²) >= 11 is 0. The molecule has 5 nitrogen and oxygen atoms in total. The summed E-state index contributed by atoms with van der Waals surface area (Å²) in [4.78, 5) is 0. The van der Waals surface area contributed by atoms with Gasteiger partial charge in [-0.3, -0.25) is 5.43 Å². The van der Waals surface area contributed by atoms with Crippen molar-refractivity contribution in [1.29, 1.82) is 10.5 Å². The van der Waals surface area contributed by atoms with E-state index in [1.165, 1.54) is 6.07 Å². The normalized spacial score (nSPS) is 27.0. The largest absolute Gasteiger partial charge is 0.377 e. The number of nitriles is 2. The molecule has 104 valence electrons. The van der Waals surface area contributed by atoms with Crippen molar-refractivity contribution in [3.05, 3.63) is 35.6 Å². The first-order chi connectivity index (χ1) is 9.60. The standard InChI is InChI=1S/C14H15FN4O/c1-8-12(14(20)19-18-8)13(9(6-16)7-17)10-4-2-3-5-11(10)15/h2-5,8-9,12-14,18-20H,1H3. The monoisotopic (exact) mass is 274 g/mol. The van der Waals surface area contributed by atoms with E-state index >= 15 is 0 Å². The first-order valence-electron chi connectivity index (χ1n) is 6.33. The summed E-state index contributed by atoms with van der Waals surface area (Å²) in [6, 6.07) is 9.66. The summed E-state index contributed by atoms with van der Waals surface area (Å²) in [7, 11) is 0. The molecule has 20 heavy (non-hydrogen) atoms. The molecule has 0 aliphatic carbocycles. The minimum atomic E-state index is -1.03. The lowest BCUT2D eigenvalue weighted by Gasteiger charge is -2.29. The maximum atomic E-state index is 14.0. The summed E-state index contributed by atoms with van der Waals surface area (Å²) in [5.41, 5.74) is 5.79. The average Bonchev–Trinajstić information content (AvgIpc) is 2.77. The molecule has 1 heterocycles. The third kappa shape index (κ3) is 2.50. The van der Waals surface area contributed by atoms with Gasteiger partial charge in [-0.25, -0.2) is 9.82 Å². The molecule has 2 rings (SSSR count). The van der Waals surface area contributed by atoms with E-state index in [0.29, 0.717) is 0 Å². The number of halogens is 1. The van der Waals surface area contributed by atoms with E-state index in [-0.39, 0.29) is 11.6 Å². The molecule has 1 aromatic carbocycles. The molecule has 1 aromatic rings. The van der Waals surface area contributed by atoms with Crippen LogP contribution in [0.4, 0.5) is 4.39 Å². The zero-order chi connectivity index (χ0) is 14.7. The van der Waals surface area contributed by atoms with E-state index in [0.717, 1.165) is 0 Å². The average molecular weight is 274 g/mol. The Morgan fingerprint density at radius 1 is 1.25 bits per heavy atom. The Morgan fingerprint density at radius 3 is 2.40 bits per heavy atom. The first-order valence-corrected chi connectivity index (χ1v) is 6.33. The highest BCUT2D eigenvalue weighted by atomic mass is 19.1. The predicted octanol–water partition coefficient (Wildman–Crippen LogP) is 1.00. The number of hydrogen-bond acceptors (Lipinski definition) is 5. The molecule has 0 aromatic heterocycles. The highest BCUT2D eigenvalue weighted by molar-refractivity contribution is 5.29. The van der Waals surface area contributed by atoms with E-state index in [1.54, 1.807) is 18.2 Å². The van der Waals surface area contributed by atoms with Gasteiger partial charge in [-0.2, -0.15) is 10.5 Å². The van der Waals surface area contributed by atoms with E-state index in [1.807, 2.05) is 19.1 Å². The van der Waals surface area contributed by atoms with Crippen LogP contribution in [0.5, 0.6) is 0 Å². The Balaban J connectivity index is 2.49. The van der Waals surface area contributed by atoms with Crippen LogP contribution >= 0.6 is 0 Å². The molecule has 0 bridgehead atoms. The molecular weight excluding hydrogens is 259 g/mol. The number of hydrazine groups is 1. The minimum absolute atomic E-state index is 0.196. The first kappa shape index (κ1) is 14.4. The summed E-state index contributed by atoms with van der Waals surface area (Å²) in [5, 5.41) is 28.3. The molecule has 4 atom stereocenters. The van der Waals surface area contributed by atoms with Crippen LogP contribution < -0.4 is 10.9 Å². The van der Waals surface area contributed by atoms with Gasteiger partial charge >= 0.3 is 0 Å². The van der Waals surface area contributed by atoms with Gasteiger partial charge < -0.3 is 5.11 Å². The lowest BCUT2D eigenvalue weighted by molar-refractivity contribution is 0.0887. The van der Waals surface area contributed by atoms with E-state index in [9.17, 15) is 9.50 Å². The number of nitrogens with zero attached hydrogens (tertiary/aromatic N) is 2. The molecule has 1 saturated heterocycles. The third-order valence-corrected chi connectivity index (χ3v) is 3.72. The molecule has 0 spiro atoms. The van der Waals surface area contributed by atoms with Gasteiger partial charge in [0.25, 0.3) is 0 Å². The molecule has 1 aliphatic rings. The van der Waals surface area contributed by atoms with Crippen LogP contribution in [-0.4, -0.2) is 17.4 Å². The minimum Gasteiger partial charge on any atom is -0.377 e. The lowest BCUT2D eigenvalue weighted by Crippen LogP contribution is -2.35. The molecule has 4 unspecified atom stereocenters. The third-order valence-electron chi connectivity index (χ3n) is 3.72. The fourth-order valence-corrected chi connectivity index (χ4v) is 2.73. The molecule has 1 fully saturated rings. The summed E-state index contributed by atoms with van der Waals surface area (Å²) in [5.74, 6) is -2.69. The second kappa shape index (κ2) is 5.98. The van der Waals surface area contributed by atoms with Crippen LogP contribution in [0.2, 0.25) is 0 Å². The fraction of sp³-hybridized carbons (Fsp3) is 0.429. The molecule has 1 aliphatic heterocycles. The molecule has 0 amide bonds.